The summed E-state index contributed by atoms with van der Waals surface area (Å²) in [5.41, 5.74) is -2.25. The maximum Gasteiger partial charge on any atom is 0.332 e. The number of sulfonamides is 1. The van der Waals surface area contributed by atoms with Crippen LogP contribution in [0.2, 0.25) is 0 Å². The average Bonchev–Trinajstić information content (AvgIpc) is 3.26. The van der Waals surface area contributed by atoms with Gasteiger partial charge in [0.25, 0.3) is 5.56 Å². The minimum Gasteiger partial charge on any atom is -0.340 e. The lowest BCUT2D eigenvalue weighted by Gasteiger charge is -2.16. The normalized spacial score (nSPS) is 15.1. The van der Waals surface area contributed by atoms with Crippen molar-refractivity contribution in [2.75, 3.05) is 6.67 Å². The molecule has 0 aliphatic heterocycles. The van der Waals surface area contributed by atoms with Crippen LogP contribution in [0.4, 0.5) is 4.39 Å². The molecule has 3 aromatic heterocycles. The van der Waals surface area contributed by atoms with Gasteiger partial charge in [0.15, 0.2) is 5.82 Å². The highest BCUT2D eigenvalue weighted by molar-refractivity contribution is 7.89. The molecule has 0 unspecified atom stereocenters. The van der Waals surface area contributed by atoms with E-state index in [1.54, 1.807) is 13.8 Å². The summed E-state index contributed by atoms with van der Waals surface area (Å²) in [4.78, 5) is 30.7. The number of aryl methyl sites for hydroxylation is 2. The van der Waals surface area contributed by atoms with Crippen molar-refractivity contribution in [1.29, 1.82) is 0 Å². The Balaban J connectivity index is 1.68. The molecule has 1 aliphatic carbocycles. The summed E-state index contributed by atoms with van der Waals surface area (Å²) in [7, 11) is -4.11. The first-order valence-corrected chi connectivity index (χ1v) is 12.9. The first-order chi connectivity index (χ1) is 16.6. The van der Waals surface area contributed by atoms with Gasteiger partial charge in [0.05, 0.1) is 34.4 Å². The molecule has 0 saturated heterocycles. The Hall–Kier alpha value is -3.30. The SMILES string of the molecule is Cc1nc(Cn2c(=O)n(Cc3nnc(C)s3)c(=O)c3cc(S(=O)(=O)NC4(CF)CC4)ccc32)no1. The van der Waals surface area contributed by atoms with Gasteiger partial charge in [0, 0.05) is 6.92 Å². The molecular formula is C20H20FN7O5S2. The lowest BCUT2D eigenvalue weighted by atomic mass is 10.2. The monoisotopic (exact) mass is 521 g/mol. The van der Waals surface area contributed by atoms with Crippen molar-refractivity contribution in [3.05, 3.63) is 60.8 Å². The van der Waals surface area contributed by atoms with E-state index < -0.39 is 33.5 Å². The summed E-state index contributed by atoms with van der Waals surface area (Å²) in [6, 6.07) is 3.83. The largest absolute Gasteiger partial charge is 0.340 e. The highest BCUT2D eigenvalue weighted by Gasteiger charge is 2.46. The van der Waals surface area contributed by atoms with Crippen LogP contribution in [0, 0.1) is 13.8 Å². The van der Waals surface area contributed by atoms with Crippen molar-refractivity contribution in [3.8, 4) is 0 Å². The average molecular weight is 522 g/mol. The number of halogens is 1. The van der Waals surface area contributed by atoms with Crippen molar-refractivity contribution in [2.45, 2.75) is 50.2 Å². The van der Waals surface area contributed by atoms with Crippen molar-refractivity contribution in [3.63, 3.8) is 0 Å². The van der Waals surface area contributed by atoms with Gasteiger partial charge in [-0.2, -0.15) is 4.98 Å². The molecule has 184 valence electrons. The molecule has 1 saturated carbocycles. The number of benzene rings is 1. The second-order valence-corrected chi connectivity index (χ2v) is 11.4. The van der Waals surface area contributed by atoms with E-state index >= 15 is 0 Å². The van der Waals surface area contributed by atoms with Crippen LogP contribution in [0.5, 0.6) is 0 Å². The fraction of sp³-hybridized carbons (Fsp3) is 0.400. The molecular weight excluding hydrogens is 501 g/mol. The van der Waals surface area contributed by atoms with Gasteiger partial charge in [-0.15, -0.1) is 10.2 Å². The third-order valence-electron chi connectivity index (χ3n) is 5.70. The predicted octanol–water partition coefficient (Wildman–Crippen LogP) is 0.892. The van der Waals surface area contributed by atoms with Crippen LogP contribution in [0.3, 0.4) is 0 Å². The van der Waals surface area contributed by atoms with Crippen LogP contribution < -0.4 is 16.0 Å². The Morgan fingerprint density at radius 3 is 2.54 bits per heavy atom. The highest BCUT2D eigenvalue weighted by Crippen LogP contribution is 2.37. The molecule has 3 heterocycles. The van der Waals surface area contributed by atoms with Gasteiger partial charge in [0.1, 0.15) is 16.7 Å². The van der Waals surface area contributed by atoms with Crippen molar-refractivity contribution in [1.82, 2.24) is 34.2 Å². The third kappa shape index (κ3) is 4.41. The van der Waals surface area contributed by atoms with E-state index in [9.17, 15) is 22.4 Å². The summed E-state index contributed by atoms with van der Waals surface area (Å²) in [6.07, 6.45) is 0.794. The van der Waals surface area contributed by atoms with Crippen LogP contribution in [0.1, 0.15) is 34.6 Å². The molecule has 0 spiro atoms. The molecule has 1 aromatic carbocycles. The van der Waals surface area contributed by atoms with Crippen LogP contribution in [-0.2, 0) is 23.1 Å². The number of fused-ring (bicyclic) bond motifs is 1. The minimum atomic E-state index is -4.11. The summed E-state index contributed by atoms with van der Waals surface area (Å²) >= 11 is 1.23. The Morgan fingerprint density at radius 2 is 1.94 bits per heavy atom. The number of rotatable bonds is 8. The molecule has 1 N–H and O–H groups in total. The first kappa shape index (κ1) is 23.4. The molecule has 0 amide bonds. The Kier molecular flexibility index (Phi) is 5.64. The first-order valence-electron chi connectivity index (χ1n) is 10.6. The molecule has 0 bridgehead atoms. The molecule has 0 radical (unpaired) electrons. The lowest BCUT2D eigenvalue weighted by molar-refractivity contribution is 0.385. The van der Waals surface area contributed by atoms with E-state index in [-0.39, 0.29) is 34.7 Å². The van der Waals surface area contributed by atoms with E-state index in [1.807, 2.05) is 0 Å². The molecule has 5 rings (SSSR count). The van der Waals surface area contributed by atoms with Gasteiger partial charge < -0.3 is 4.52 Å². The zero-order valence-electron chi connectivity index (χ0n) is 18.7. The molecule has 12 nitrogen and oxygen atoms in total. The van der Waals surface area contributed by atoms with E-state index in [1.165, 1.54) is 34.1 Å². The Morgan fingerprint density at radius 1 is 1.17 bits per heavy atom. The Labute approximate surface area is 201 Å². The van der Waals surface area contributed by atoms with Gasteiger partial charge in [-0.1, -0.05) is 16.5 Å². The fourth-order valence-electron chi connectivity index (χ4n) is 3.70. The number of nitrogens with zero attached hydrogens (tertiary/aromatic N) is 6. The zero-order valence-corrected chi connectivity index (χ0v) is 20.3. The summed E-state index contributed by atoms with van der Waals surface area (Å²) < 4.78 is 48.8. The molecule has 0 atom stereocenters. The zero-order chi connectivity index (χ0) is 25.0. The minimum absolute atomic E-state index is 0.0148. The quantitative estimate of drug-likeness (QED) is 0.356. The number of alkyl halides is 1. The van der Waals surface area contributed by atoms with Crippen molar-refractivity contribution >= 4 is 32.3 Å². The van der Waals surface area contributed by atoms with Gasteiger partial charge in [-0.25, -0.2) is 22.3 Å². The predicted molar refractivity (Wildman–Crippen MR) is 123 cm³/mol. The lowest BCUT2D eigenvalue weighted by Crippen LogP contribution is -2.41. The van der Waals surface area contributed by atoms with E-state index in [4.69, 9.17) is 4.52 Å². The van der Waals surface area contributed by atoms with E-state index in [0.717, 1.165) is 4.57 Å². The number of nitrogens with one attached hydrogen (secondary N) is 1. The van der Waals surface area contributed by atoms with Crippen LogP contribution in [0.15, 0.2) is 37.2 Å². The van der Waals surface area contributed by atoms with Gasteiger partial charge in [-0.3, -0.25) is 13.9 Å². The second-order valence-electron chi connectivity index (χ2n) is 8.40. The van der Waals surface area contributed by atoms with E-state index in [0.29, 0.717) is 28.7 Å². The van der Waals surface area contributed by atoms with Crippen LogP contribution in [-0.4, -0.2) is 50.1 Å². The summed E-state index contributed by atoms with van der Waals surface area (Å²) in [5, 5.41) is 12.8. The molecule has 1 aliphatic rings. The van der Waals surface area contributed by atoms with Crippen molar-refractivity contribution < 1.29 is 17.3 Å². The topological polar surface area (TPSA) is 155 Å². The molecule has 4 aromatic rings. The summed E-state index contributed by atoms with van der Waals surface area (Å²) in [5.74, 6) is 0.510. The second kappa shape index (κ2) is 8.42. The smallest absolute Gasteiger partial charge is 0.332 e. The van der Waals surface area contributed by atoms with Gasteiger partial charge >= 0.3 is 5.69 Å². The number of aromatic nitrogens is 6. The highest BCUT2D eigenvalue weighted by atomic mass is 32.2. The van der Waals surface area contributed by atoms with E-state index in [2.05, 4.69) is 25.1 Å². The summed E-state index contributed by atoms with van der Waals surface area (Å²) in [6.45, 7) is 2.26. The van der Waals surface area contributed by atoms with Crippen molar-refractivity contribution in [2.24, 2.45) is 0 Å². The molecule has 15 heteroatoms. The number of hydrogen-bond donors (Lipinski definition) is 1. The van der Waals surface area contributed by atoms with Crippen LogP contribution >= 0.6 is 11.3 Å². The third-order valence-corrected chi connectivity index (χ3v) is 8.10. The number of hydrogen-bond acceptors (Lipinski definition) is 10. The van der Waals surface area contributed by atoms with Gasteiger partial charge in [0.2, 0.25) is 15.9 Å². The molecule has 1 fully saturated rings. The maximum atomic E-state index is 13.4. The fourth-order valence-corrected chi connectivity index (χ4v) is 5.87. The Bertz CT molecular complexity index is 1670. The van der Waals surface area contributed by atoms with Gasteiger partial charge in [-0.05, 0) is 38.0 Å². The standard InChI is InChI=1S/C20H20FN7O5S2/c1-11-22-16(25-33-11)8-27-15-4-3-13(35(31,32)26-20(10-21)5-6-20)7-14(15)18(29)28(19(27)30)9-17-24-23-12(2)34-17/h3-4,7,26H,5-6,8-10H2,1-2H3. The molecule has 35 heavy (non-hydrogen) atoms. The maximum absolute atomic E-state index is 13.4. The van der Waals surface area contributed by atoms with Crippen LogP contribution in [0.25, 0.3) is 10.9 Å².